The van der Waals surface area contributed by atoms with Gasteiger partial charge in [0.05, 0.1) is 10.4 Å². The van der Waals surface area contributed by atoms with Crippen molar-refractivity contribution < 1.29 is 13.2 Å². The number of halogens is 1. The normalized spacial score (nSPS) is 20.8. The van der Waals surface area contributed by atoms with E-state index in [4.69, 9.17) is 5.73 Å². The van der Waals surface area contributed by atoms with Crippen molar-refractivity contribution in [1.29, 1.82) is 0 Å². The summed E-state index contributed by atoms with van der Waals surface area (Å²) >= 11 is 0. The van der Waals surface area contributed by atoms with E-state index in [1.807, 2.05) is 0 Å². The molecule has 1 saturated carbocycles. The van der Waals surface area contributed by atoms with Crippen LogP contribution in [0.25, 0.3) is 0 Å². The molecule has 1 saturated heterocycles. The maximum absolute atomic E-state index is 12.8. The Kier molecular flexibility index (Phi) is 7.07. The molecule has 2 fully saturated rings. The van der Waals surface area contributed by atoms with Gasteiger partial charge in [-0.1, -0.05) is 31.7 Å². The molecular formula is C18H28ClN3O3S. The summed E-state index contributed by atoms with van der Waals surface area (Å²) in [6, 6.07) is 6.49. The van der Waals surface area contributed by atoms with E-state index in [1.54, 1.807) is 18.2 Å². The van der Waals surface area contributed by atoms with E-state index < -0.39 is 15.6 Å². The zero-order valence-corrected chi connectivity index (χ0v) is 16.6. The fraction of sp³-hybridized carbons (Fsp3) is 0.611. The van der Waals surface area contributed by atoms with Crippen molar-refractivity contribution in [3.05, 3.63) is 24.3 Å². The summed E-state index contributed by atoms with van der Waals surface area (Å²) in [7, 11) is -3.51. The molecular weight excluding hydrogens is 374 g/mol. The Hall–Kier alpha value is -1.15. The minimum Gasteiger partial charge on any atom is -0.324 e. The van der Waals surface area contributed by atoms with Gasteiger partial charge >= 0.3 is 0 Å². The minimum atomic E-state index is -3.51. The van der Waals surface area contributed by atoms with Gasteiger partial charge < -0.3 is 11.1 Å². The van der Waals surface area contributed by atoms with Crippen LogP contribution in [0, 0.1) is 0 Å². The Morgan fingerprint density at radius 3 is 2.31 bits per heavy atom. The summed E-state index contributed by atoms with van der Waals surface area (Å²) in [6.45, 7) is 1.12. The largest absolute Gasteiger partial charge is 0.324 e. The van der Waals surface area contributed by atoms with Gasteiger partial charge in [-0.15, -0.1) is 12.4 Å². The lowest BCUT2D eigenvalue weighted by Gasteiger charge is -2.31. The van der Waals surface area contributed by atoms with E-state index in [-0.39, 0.29) is 23.2 Å². The van der Waals surface area contributed by atoms with Crippen LogP contribution in [0.3, 0.4) is 0 Å². The monoisotopic (exact) mass is 401 g/mol. The number of carbonyl (C=O) groups is 1. The number of sulfonamides is 1. The van der Waals surface area contributed by atoms with Gasteiger partial charge in [0.1, 0.15) is 0 Å². The second kappa shape index (κ2) is 8.69. The highest BCUT2D eigenvalue weighted by Gasteiger charge is 2.35. The predicted octanol–water partition coefficient (Wildman–Crippen LogP) is 2.88. The molecule has 3 N–H and O–H groups in total. The molecule has 0 atom stereocenters. The van der Waals surface area contributed by atoms with E-state index in [2.05, 4.69) is 5.32 Å². The van der Waals surface area contributed by atoms with Gasteiger partial charge in [-0.2, -0.15) is 4.31 Å². The summed E-state index contributed by atoms with van der Waals surface area (Å²) in [5.74, 6) is -0.222. The van der Waals surface area contributed by atoms with Gasteiger partial charge in [0.15, 0.2) is 0 Å². The maximum atomic E-state index is 12.8. The maximum Gasteiger partial charge on any atom is 0.244 e. The van der Waals surface area contributed by atoms with Crippen molar-refractivity contribution in [2.24, 2.45) is 5.73 Å². The Labute approximate surface area is 162 Å². The number of rotatable bonds is 4. The molecule has 0 unspecified atom stereocenters. The number of nitrogens with one attached hydrogen (secondary N) is 1. The van der Waals surface area contributed by atoms with Crippen LogP contribution in [0.2, 0.25) is 0 Å². The zero-order chi connectivity index (χ0) is 17.9. The predicted molar refractivity (Wildman–Crippen MR) is 105 cm³/mol. The Morgan fingerprint density at radius 2 is 1.65 bits per heavy atom. The number of nitrogens with two attached hydrogens (primary N) is 1. The number of benzene rings is 1. The number of piperidine rings is 1. The SMILES string of the molecule is Cl.NC1(C(=O)Nc2cccc(S(=O)(=O)N3CCCCC3)c2)CCCCC1. The number of hydrogen-bond donors (Lipinski definition) is 2. The molecule has 0 radical (unpaired) electrons. The van der Waals surface area contributed by atoms with E-state index >= 15 is 0 Å². The minimum absolute atomic E-state index is 0. The Morgan fingerprint density at radius 1 is 1.04 bits per heavy atom. The van der Waals surface area contributed by atoms with Gasteiger partial charge in [0, 0.05) is 18.8 Å². The van der Waals surface area contributed by atoms with Crippen LogP contribution in [-0.2, 0) is 14.8 Å². The van der Waals surface area contributed by atoms with Crippen LogP contribution in [-0.4, -0.2) is 37.3 Å². The highest BCUT2D eigenvalue weighted by atomic mass is 35.5. The number of anilines is 1. The average Bonchev–Trinajstić information content (AvgIpc) is 2.63. The molecule has 26 heavy (non-hydrogen) atoms. The molecule has 0 aromatic heterocycles. The van der Waals surface area contributed by atoms with Crippen LogP contribution >= 0.6 is 12.4 Å². The molecule has 6 nitrogen and oxygen atoms in total. The van der Waals surface area contributed by atoms with Crippen molar-refractivity contribution in [2.75, 3.05) is 18.4 Å². The molecule has 1 aromatic carbocycles. The molecule has 0 spiro atoms. The Bertz CT molecular complexity index is 727. The Balaban J connectivity index is 0.00000243. The average molecular weight is 402 g/mol. The first kappa shape index (κ1) is 21.2. The van der Waals surface area contributed by atoms with Gasteiger partial charge in [-0.25, -0.2) is 8.42 Å². The van der Waals surface area contributed by atoms with Crippen molar-refractivity contribution in [1.82, 2.24) is 4.31 Å². The van der Waals surface area contributed by atoms with E-state index in [9.17, 15) is 13.2 Å². The molecule has 1 aliphatic heterocycles. The second-order valence-corrected chi connectivity index (χ2v) is 9.10. The summed E-state index contributed by atoms with van der Waals surface area (Å²) in [5.41, 5.74) is 5.89. The van der Waals surface area contributed by atoms with Crippen molar-refractivity contribution >= 4 is 34.0 Å². The second-order valence-electron chi connectivity index (χ2n) is 7.16. The molecule has 1 aromatic rings. The van der Waals surface area contributed by atoms with Gasteiger partial charge in [-0.05, 0) is 43.9 Å². The number of nitrogens with zero attached hydrogens (tertiary/aromatic N) is 1. The molecule has 3 rings (SSSR count). The lowest BCUT2D eigenvalue weighted by molar-refractivity contribution is -0.122. The first-order chi connectivity index (χ1) is 11.9. The standard InChI is InChI=1S/C18H27N3O3S.ClH/c19-18(10-3-1-4-11-18)17(22)20-15-8-7-9-16(14-15)25(23,24)21-12-5-2-6-13-21;/h7-9,14H,1-6,10-13,19H2,(H,20,22);1H. The molecule has 146 valence electrons. The van der Waals surface area contributed by atoms with Gasteiger partial charge in [-0.3, -0.25) is 4.79 Å². The first-order valence-electron chi connectivity index (χ1n) is 9.12. The number of amides is 1. The van der Waals surface area contributed by atoms with Gasteiger partial charge in [0.25, 0.3) is 0 Å². The number of hydrogen-bond acceptors (Lipinski definition) is 4. The smallest absolute Gasteiger partial charge is 0.244 e. The summed E-state index contributed by atoms with van der Waals surface area (Å²) in [4.78, 5) is 12.8. The fourth-order valence-corrected chi connectivity index (χ4v) is 5.22. The third-order valence-corrected chi connectivity index (χ3v) is 7.14. The molecule has 1 aliphatic carbocycles. The van der Waals surface area contributed by atoms with Crippen LogP contribution in [0.4, 0.5) is 5.69 Å². The summed E-state index contributed by atoms with van der Waals surface area (Å²) < 4.78 is 27.1. The van der Waals surface area contributed by atoms with E-state index in [0.717, 1.165) is 38.5 Å². The van der Waals surface area contributed by atoms with Crippen LogP contribution in [0.15, 0.2) is 29.2 Å². The molecule has 1 heterocycles. The quantitative estimate of drug-likeness (QED) is 0.811. The van der Waals surface area contributed by atoms with Crippen molar-refractivity contribution in [3.8, 4) is 0 Å². The van der Waals surface area contributed by atoms with Crippen LogP contribution in [0.5, 0.6) is 0 Å². The topological polar surface area (TPSA) is 92.5 Å². The van der Waals surface area contributed by atoms with E-state index in [1.165, 1.54) is 10.4 Å². The van der Waals surface area contributed by atoms with Crippen LogP contribution < -0.4 is 11.1 Å². The molecule has 2 aliphatic rings. The highest BCUT2D eigenvalue weighted by Crippen LogP contribution is 2.28. The lowest BCUT2D eigenvalue weighted by Crippen LogP contribution is -2.52. The zero-order valence-electron chi connectivity index (χ0n) is 14.9. The van der Waals surface area contributed by atoms with E-state index in [0.29, 0.717) is 31.6 Å². The summed E-state index contributed by atoms with van der Waals surface area (Å²) in [5, 5.41) is 2.82. The van der Waals surface area contributed by atoms with Crippen LogP contribution in [0.1, 0.15) is 51.4 Å². The number of carbonyl (C=O) groups excluding carboxylic acids is 1. The molecule has 1 amide bonds. The molecule has 8 heteroatoms. The highest BCUT2D eigenvalue weighted by molar-refractivity contribution is 7.89. The third kappa shape index (κ3) is 4.57. The van der Waals surface area contributed by atoms with Gasteiger partial charge in [0.2, 0.25) is 15.9 Å². The third-order valence-electron chi connectivity index (χ3n) is 5.24. The lowest BCUT2D eigenvalue weighted by atomic mass is 9.82. The van der Waals surface area contributed by atoms with Crippen molar-refractivity contribution in [3.63, 3.8) is 0 Å². The fourth-order valence-electron chi connectivity index (χ4n) is 3.65. The summed E-state index contributed by atoms with van der Waals surface area (Å²) in [6.07, 6.45) is 7.21. The molecule has 0 bridgehead atoms. The van der Waals surface area contributed by atoms with Crippen molar-refractivity contribution in [2.45, 2.75) is 61.8 Å². The first-order valence-corrected chi connectivity index (χ1v) is 10.6.